The number of carbonyl (C=O) groups excluding carboxylic acids is 2. The van der Waals surface area contributed by atoms with Crippen LogP contribution in [0.25, 0.3) is 6.08 Å². The molecule has 1 amide bonds. The second-order valence-corrected chi connectivity index (χ2v) is 5.40. The maximum Gasteiger partial charge on any atom is 0.331 e. The molecule has 0 heterocycles. The Hall–Kier alpha value is -3.10. The zero-order chi connectivity index (χ0) is 18.1. The van der Waals surface area contributed by atoms with Crippen LogP contribution < -0.4 is 4.90 Å². The van der Waals surface area contributed by atoms with E-state index in [4.69, 9.17) is 21.6 Å². The zero-order valence-corrected chi connectivity index (χ0v) is 14.0. The molecule has 0 bridgehead atoms. The lowest BCUT2D eigenvalue weighted by atomic mass is 10.2. The highest BCUT2D eigenvalue weighted by Crippen LogP contribution is 2.13. The normalized spacial score (nSPS) is 10.2. The number of esters is 1. The Morgan fingerprint density at radius 2 is 1.80 bits per heavy atom. The summed E-state index contributed by atoms with van der Waals surface area (Å²) in [6.45, 7) is -0.568. The predicted molar refractivity (Wildman–Crippen MR) is 95.9 cm³/mol. The van der Waals surface area contributed by atoms with Crippen LogP contribution >= 0.6 is 11.6 Å². The van der Waals surface area contributed by atoms with E-state index in [1.54, 1.807) is 60.7 Å². The maximum absolute atomic E-state index is 12.2. The number of benzene rings is 2. The van der Waals surface area contributed by atoms with Gasteiger partial charge >= 0.3 is 5.97 Å². The summed E-state index contributed by atoms with van der Waals surface area (Å²) < 4.78 is 4.95. The third-order valence-corrected chi connectivity index (χ3v) is 3.47. The van der Waals surface area contributed by atoms with Crippen LogP contribution in [0.2, 0.25) is 5.02 Å². The van der Waals surface area contributed by atoms with E-state index < -0.39 is 18.5 Å². The van der Waals surface area contributed by atoms with Crippen molar-refractivity contribution >= 4 is 35.2 Å². The quantitative estimate of drug-likeness (QED) is 0.452. The van der Waals surface area contributed by atoms with Crippen molar-refractivity contribution in [2.24, 2.45) is 0 Å². The molecule has 0 atom stereocenters. The molecule has 2 aromatic rings. The number of carbonyl (C=O) groups is 2. The van der Waals surface area contributed by atoms with Crippen molar-refractivity contribution in [1.29, 1.82) is 5.26 Å². The van der Waals surface area contributed by atoms with E-state index >= 15 is 0 Å². The van der Waals surface area contributed by atoms with Gasteiger partial charge in [0.05, 0.1) is 6.07 Å². The van der Waals surface area contributed by atoms with Crippen LogP contribution in [0, 0.1) is 11.3 Å². The van der Waals surface area contributed by atoms with E-state index in [2.05, 4.69) is 0 Å². The topological polar surface area (TPSA) is 70.4 Å². The first kappa shape index (κ1) is 18.2. The highest BCUT2D eigenvalue weighted by Gasteiger charge is 2.16. The summed E-state index contributed by atoms with van der Waals surface area (Å²) in [6, 6.07) is 17.6. The van der Waals surface area contributed by atoms with Crippen molar-refractivity contribution in [3.63, 3.8) is 0 Å². The molecule has 0 aliphatic heterocycles. The highest BCUT2D eigenvalue weighted by molar-refractivity contribution is 6.30. The van der Waals surface area contributed by atoms with Gasteiger partial charge < -0.3 is 4.74 Å². The fraction of sp³-hybridized carbons (Fsp3) is 0.105. The molecule has 0 saturated heterocycles. The number of ether oxygens (including phenoxy) is 1. The minimum Gasteiger partial charge on any atom is -0.452 e. The Morgan fingerprint density at radius 1 is 1.12 bits per heavy atom. The van der Waals surface area contributed by atoms with E-state index in [9.17, 15) is 9.59 Å². The molecule has 0 aliphatic carbocycles. The van der Waals surface area contributed by atoms with Gasteiger partial charge in [0.1, 0.15) is 6.54 Å². The van der Waals surface area contributed by atoms with Gasteiger partial charge in [0, 0.05) is 16.8 Å². The molecule has 2 aromatic carbocycles. The molecule has 6 heteroatoms. The summed E-state index contributed by atoms with van der Waals surface area (Å²) in [5, 5.41) is 9.48. The third kappa shape index (κ3) is 5.79. The van der Waals surface area contributed by atoms with Crippen LogP contribution in [-0.4, -0.2) is 25.0 Å². The molecule has 126 valence electrons. The van der Waals surface area contributed by atoms with Crippen LogP contribution in [0.5, 0.6) is 0 Å². The summed E-state index contributed by atoms with van der Waals surface area (Å²) in [6.07, 6.45) is 2.79. The molecule has 0 fully saturated rings. The summed E-state index contributed by atoms with van der Waals surface area (Å²) >= 11 is 5.78. The van der Waals surface area contributed by atoms with Crippen LogP contribution in [0.1, 0.15) is 5.56 Å². The Morgan fingerprint density at radius 3 is 2.44 bits per heavy atom. The number of hydrogen-bond acceptors (Lipinski definition) is 4. The van der Waals surface area contributed by atoms with E-state index in [0.717, 1.165) is 5.56 Å². The fourth-order valence-electron chi connectivity index (χ4n) is 2.00. The first-order chi connectivity index (χ1) is 12.1. The van der Waals surface area contributed by atoms with Gasteiger partial charge in [-0.25, -0.2) is 4.79 Å². The minimum absolute atomic E-state index is 0.124. The first-order valence-corrected chi connectivity index (χ1v) is 7.80. The number of para-hydroxylation sites is 1. The van der Waals surface area contributed by atoms with Gasteiger partial charge in [0.25, 0.3) is 5.91 Å². The van der Waals surface area contributed by atoms with Crippen molar-refractivity contribution in [1.82, 2.24) is 0 Å². The molecule has 0 aromatic heterocycles. The Labute approximate surface area is 150 Å². The molecule has 0 N–H and O–H groups in total. The van der Waals surface area contributed by atoms with E-state index in [0.29, 0.717) is 10.7 Å². The van der Waals surface area contributed by atoms with Crippen molar-refractivity contribution in [2.45, 2.75) is 0 Å². The van der Waals surface area contributed by atoms with Gasteiger partial charge in [-0.2, -0.15) is 5.26 Å². The molecule has 0 radical (unpaired) electrons. The molecule has 0 aliphatic rings. The third-order valence-electron chi connectivity index (χ3n) is 3.22. The van der Waals surface area contributed by atoms with Gasteiger partial charge in [-0.3, -0.25) is 9.69 Å². The lowest BCUT2D eigenvalue weighted by Gasteiger charge is -2.19. The number of halogens is 1. The van der Waals surface area contributed by atoms with Gasteiger partial charge in [-0.05, 0) is 35.9 Å². The van der Waals surface area contributed by atoms with Crippen molar-refractivity contribution in [3.8, 4) is 6.07 Å². The van der Waals surface area contributed by atoms with Crippen LogP contribution in [0.4, 0.5) is 5.69 Å². The average Bonchev–Trinajstić information content (AvgIpc) is 2.64. The molecular formula is C19H15ClN2O3. The van der Waals surface area contributed by atoms with Crippen molar-refractivity contribution in [2.75, 3.05) is 18.1 Å². The van der Waals surface area contributed by atoms with Gasteiger partial charge in [-0.15, -0.1) is 0 Å². The number of anilines is 1. The summed E-state index contributed by atoms with van der Waals surface area (Å²) in [4.78, 5) is 25.2. The van der Waals surface area contributed by atoms with E-state index in [1.165, 1.54) is 11.0 Å². The maximum atomic E-state index is 12.2. The number of nitrogens with zero attached hydrogens (tertiary/aromatic N) is 2. The Kier molecular flexibility index (Phi) is 6.76. The highest BCUT2D eigenvalue weighted by atomic mass is 35.5. The average molecular weight is 355 g/mol. The first-order valence-electron chi connectivity index (χ1n) is 7.43. The van der Waals surface area contributed by atoms with Crippen molar-refractivity contribution < 1.29 is 14.3 Å². The second-order valence-electron chi connectivity index (χ2n) is 4.97. The summed E-state index contributed by atoms with van der Waals surface area (Å²) in [5.74, 6) is -1.12. The number of hydrogen-bond donors (Lipinski definition) is 0. The minimum atomic E-state index is -0.645. The smallest absolute Gasteiger partial charge is 0.331 e. The standard InChI is InChI=1S/C19H15ClN2O3/c20-16-9-6-15(7-10-16)8-11-19(24)25-14-18(23)22(13-12-21)17-4-2-1-3-5-17/h1-11H,13-14H2/b11-8+. The zero-order valence-electron chi connectivity index (χ0n) is 13.3. The van der Waals surface area contributed by atoms with E-state index in [-0.39, 0.29) is 6.54 Å². The molecule has 5 nitrogen and oxygen atoms in total. The lowest BCUT2D eigenvalue weighted by molar-refractivity contribution is -0.142. The Bertz CT molecular complexity index is 796. The van der Waals surface area contributed by atoms with E-state index in [1.807, 2.05) is 6.07 Å². The van der Waals surface area contributed by atoms with Crippen molar-refractivity contribution in [3.05, 3.63) is 71.3 Å². The molecule has 0 unspecified atom stereocenters. The molecule has 0 saturated carbocycles. The molecule has 0 spiro atoms. The second kappa shape index (κ2) is 9.26. The molecule has 2 rings (SSSR count). The number of nitriles is 1. The lowest BCUT2D eigenvalue weighted by Crippen LogP contribution is -2.34. The van der Waals surface area contributed by atoms with Gasteiger partial charge in [0.2, 0.25) is 0 Å². The molecular weight excluding hydrogens is 340 g/mol. The monoisotopic (exact) mass is 354 g/mol. The Balaban J connectivity index is 1.92. The number of amides is 1. The predicted octanol–water partition coefficient (Wildman–Crippen LogP) is 3.45. The van der Waals surface area contributed by atoms with Crippen LogP contribution in [-0.2, 0) is 14.3 Å². The summed E-state index contributed by atoms with van der Waals surface area (Å²) in [5.41, 5.74) is 1.35. The molecule has 25 heavy (non-hydrogen) atoms. The summed E-state index contributed by atoms with van der Waals surface area (Å²) in [7, 11) is 0. The van der Waals surface area contributed by atoms with Gasteiger partial charge in [-0.1, -0.05) is 41.9 Å². The van der Waals surface area contributed by atoms with Crippen LogP contribution in [0.15, 0.2) is 60.7 Å². The van der Waals surface area contributed by atoms with Gasteiger partial charge in [0.15, 0.2) is 6.61 Å². The fourth-order valence-corrected chi connectivity index (χ4v) is 2.13. The number of rotatable bonds is 6. The largest absolute Gasteiger partial charge is 0.452 e. The van der Waals surface area contributed by atoms with Crippen LogP contribution in [0.3, 0.4) is 0 Å². The SMILES string of the molecule is N#CCN(C(=O)COC(=O)/C=C/c1ccc(Cl)cc1)c1ccccc1.